The third kappa shape index (κ3) is 4.37. The average Bonchev–Trinajstić information content (AvgIpc) is 3.34. The van der Waals surface area contributed by atoms with Gasteiger partial charge in [-0.25, -0.2) is 9.67 Å². The molecule has 2 N–H and O–H groups in total. The van der Waals surface area contributed by atoms with Gasteiger partial charge in [-0.2, -0.15) is 8.78 Å². The van der Waals surface area contributed by atoms with Crippen molar-refractivity contribution in [1.29, 1.82) is 0 Å². The molecule has 0 spiro atoms. The standard InChI is InChI=1S/C24H29F2N7O/c1-6-15-9-17(12-20(29-15)24(3,25)26)33-19-10-16(11-21(27)34)28-13-18(19)22(30-33)32-8-7-23(2,14-32)31(4)5/h6,9-10,12-13H,1,7-8,11,14H2,2-5H3,(H2,27,34). The van der Waals surface area contributed by atoms with E-state index < -0.39 is 11.8 Å². The number of fused-ring (bicyclic) bond motifs is 1. The van der Waals surface area contributed by atoms with Gasteiger partial charge in [0.25, 0.3) is 5.92 Å². The molecule has 0 aliphatic carbocycles. The monoisotopic (exact) mass is 469 g/mol. The Balaban J connectivity index is 1.91. The molecule has 1 saturated heterocycles. The van der Waals surface area contributed by atoms with Gasteiger partial charge in [0.2, 0.25) is 5.91 Å². The fourth-order valence-electron chi connectivity index (χ4n) is 4.22. The lowest BCUT2D eigenvalue weighted by atomic mass is 10.0. The number of rotatable bonds is 7. The minimum Gasteiger partial charge on any atom is -0.369 e. The van der Waals surface area contributed by atoms with Crippen LogP contribution in [0.3, 0.4) is 0 Å². The molecule has 180 valence electrons. The number of aromatic nitrogens is 4. The summed E-state index contributed by atoms with van der Waals surface area (Å²) in [4.78, 5) is 24.3. The smallest absolute Gasteiger partial charge is 0.287 e. The van der Waals surface area contributed by atoms with Crippen LogP contribution < -0.4 is 10.6 Å². The Kier molecular flexibility index (Phi) is 5.89. The SMILES string of the molecule is C=Cc1cc(-n2nc(N3CCC(C)(N(C)C)C3)c3cnc(CC(N)=O)cc32)cc(C(C)(F)F)n1. The number of carbonyl (C=O) groups excluding carboxylic acids is 1. The number of halogens is 2. The van der Waals surface area contributed by atoms with Crippen LogP contribution in [0.15, 0.2) is 31.0 Å². The minimum atomic E-state index is -3.14. The first-order valence-corrected chi connectivity index (χ1v) is 11.0. The van der Waals surface area contributed by atoms with Crippen LogP contribution in [0.25, 0.3) is 22.7 Å². The number of nitrogens with two attached hydrogens (primary N) is 1. The molecule has 0 saturated carbocycles. The Morgan fingerprint density at radius 3 is 2.68 bits per heavy atom. The summed E-state index contributed by atoms with van der Waals surface area (Å²) in [6, 6.07) is 4.71. The molecule has 4 rings (SSSR count). The van der Waals surface area contributed by atoms with Crippen molar-refractivity contribution in [2.45, 2.75) is 38.2 Å². The maximum atomic E-state index is 14.2. The molecule has 0 bridgehead atoms. The summed E-state index contributed by atoms with van der Waals surface area (Å²) >= 11 is 0. The second-order valence-electron chi connectivity index (χ2n) is 9.36. The second-order valence-corrected chi connectivity index (χ2v) is 9.36. The zero-order chi connectivity index (χ0) is 24.8. The van der Waals surface area contributed by atoms with Crippen LogP contribution in [0.1, 0.15) is 37.4 Å². The fourth-order valence-corrected chi connectivity index (χ4v) is 4.22. The number of hydrogen-bond donors (Lipinski definition) is 1. The molecule has 10 heteroatoms. The van der Waals surface area contributed by atoms with Gasteiger partial charge in [0, 0.05) is 31.7 Å². The van der Waals surface area contributed by atoms with Gasteiger partial charge in [0.1, 0.15) is 5.69 Å². The van der Waals surface area contributed by atoms with Crippen molar-refractivity contribution in [2.24, 2.45) is 5.73 Å². The average molecular weight is 470 g/mol. The van der Waals surface area contributed by atoms with Crippen LogP contribution in [0, 0.1) is 0 Å². The van der Waals surface area contributed by atoms with E-state index in [4.69, 9.17) is 10.8 Å². The molecule has 1 atom stereocenters. The van der Waals surface area contributed by atoms with E-state index in [1.165, 1.54) is 12.1 Å². The van der Waals surface area contributed by atoms with Crippen LogP contribution in [0.2, 0.25) is 0 Å². The fraction of sp³-hybridized carbons (Fsp3) is 0.417. The highest BCUT2D eigenvalue weighted by atomic mass is 19.3. The Hall–Kier alpha value is -3.40. The van der Waals surface area contributed by atoms with Crippen LogP contribution in [-0.2, 0) is 17.1 Å². The number of primary amides is 1. The molecular formula is C24H29F2N7O. The van der Waals surface area contributed by atoms with Gasteiger partial charge in [-0.05, 0) is 51.7 Å². The quantitative estimate of drug-likeness (QED) is 0.572. The van der Waals surface area contributed by atoms with Gasteiger partial charge < -0.3 is 15.5 Å². The number of alkyl halides is 2. The van der Waals surface area contributed by atoms with Gasteiger partial charge >= 0.3 is 0 Å². The van der Waals surface area contributed by atoms with E-state index in [2.05, 4.69) is 47.4 Å². The topological polar surface area (TPSA) is 93.2 Å². The Bertz CT molecular complexity index is 1260. The Morgan fingerprint density at radius 2 is 2.09 bits per heavy atom. The lowest BCUT2D eigenvalue weighted by molar-refractivity contribution is -0.117. The number of nitrogens with zero attached hydrogens (tertiary/aromatic N) is 6. The normalized spacial score (nSPS) is 18.7. The van der Waals surface area contributed by atoms with Gasteiger partial charge in [0.05, 0.1) is 34.4 Å². The summed E-state index contributed by atoms with van der Waals surface area (Å²) in [5.74, 6) is -2.94. The van der Waals surface area contributed by atoms with E-state index in [9.17, 15) is 13.6 Å². The number of carbonyl (C=O) groups is 1. The second kappa shape index (κ2) is 8.43. The number of hydrogen-bond acceptors (Lipinski definition) is 6. The number of pyridine rings is 2. The lowest BCUT2D eigenvalue weighted by Crippen LogP contribution is -2.43. The maximum Gasteiger partial charge on any atom is 0.287 e. The van der Waals surface area contributed by atoms with Crippen molar-refractivity contribution in [3.8, 4) is 5.69 Å². The van der Waals surface area contributed by atoms with E-state index >= 15 is 0 Å². The molecule has 0 aromatic carbocycles. The summed E-state index contributed by atoms with van der Waals surface area (Å²) in [6.07, 6.45) is 4.01. The van der Waals surface area contributed by atoms with Gasteiger partial charge in [-0.1, -0.05) is 6.58 Å². The molecule has 1 aliphatic rings. The Morgan fingerprint density at radius 1 is 1.35 bits per heavy atom. The highest BCUT2D eigenvalue weighted by molar-refractivity contribution is 5.92. The molecule has 3 aromatic rings. The minimum absolute atomic E-state index is 0.0282. The van der Waals surface area contributed by atoms with E-state index in [-0.39, 0.29) is 17.7 Å². The Labute approximate surface area is 197 Å². The van der Waals surface area contributed by atoms with Crippen molar-refractivity contribution in [3.05, 3.63) is 48.1 Å². The largest absolute Gasteiger partial charge is 0.369 e. The summed E-state index contributed by atoms with van der Waals surface area (Å²) in [5, 5.41) is 5.61. The third-order valence-electron chi connectivity index (χ3n) is 6.52. The van der Waals surface area contributed by atoms with Gasteiger partial charge in [-0.3, -0.25) is 9.78 Å². The third-order valence-corrected chi connectivity index (χ3v) is 6.52. The summed E-state index contributed by atoms with van der Waals surface area (Å²) in [6.45, 7) is 8.23. The number of amides is 1. The zero-order valence-electron chi connectivity index (χ0n) is 19.8. The van der Waals surface area contributed by atoms with E-state index in [1.54, 1.807) is 23.0 Å². The summed E-state index contributed by atoms with van der Waals surface area (Å²) in [5.41, 5.74) is 6.82. The molecule has 34 heavy (non-hydrogen) atoms. The van der Waals surface area contributed by atoms with Gasteiger partial charge in [-0.15, -0.1) is 5.10 Å². The highest BCUT2D eigenvalue weighted by Crippen LogP contribution is 2.35. The van der Waals surface area contributed by atoms with Crippen LogP contribution in [-0.4, -0.2) is 63.3 Å². The molecular weight excluding hydrogens is 440 g/mol. The van der Waals surface area contributed by atoms with E-state index in [0.29, 0.717) is 28.4 Å². The highest BCUT2D eigenvalue weighted by Gasteiger charge is 2.37. The first-order valence-electron chi connectivity index (χ1n) is 11.0. The van der Waals surface area contributed by atoms with E-state index in [0.717, 1.165) is 31.8 Å². The molecule has 1 fully saturated rings. The van der Waals surface area contributed by atoms with Crippen molar-refractivity contribution in [3.63, 3.8) is 0 Å². The molecule has 3 aromatic heterocycles. The molecule has 4 heterocycles. The van der Waals surface area contributed by atoms with Gasteiger partial charge in [0.15, 0.2) is 5.82 Å². The zero-order valence-corrected chi connectivity index (χ0v) is 19.8. The molecule has 1 aliphatic heterocycles. The van der Waals surface area contributed by atoms with Crippen molar-refractivity contribution in [2.75, 3.05) is 32.1 Å². The summed E-state index contributed by atoms with van der Waals surface area (Å²) in [7, 11) is 4.11. The van der Waals surface area contributed by atoms with Crippen molar-refractivity contribution in [1.82, 2.24) is 24.6 Å². The number of anilines is 1. The molecule has 0 radical (unpaired) electrons. The molecule has 1 unspecified atom stereocenters. The predicted molar refractivity (Wildman–Crippen MR) is 128 cm³/mol. The first kappa shape index (κ1) is 23.7. The van der Waals surface area contributed by atoms with Crippen molar-refractivity contribution >= 4 is 28.7 Å². The van der Waals surface area contributed by atoms with Crippen LogP contribution in [0.4, 0.5) is 14.6 Å². The molecule has 1 amide bonds. The van der Waals surface area contributed by atoms with Crippen LogP contribution in [0.5, 0.6) is 0 Å². The first-order chi connectivity index (χ1) is 15.9. The predicted octanol–water partition coefficient (Wildman–Crippen LogP) is 3.13. The van der Waals surface area contributed by atoms with E-state index in [1.807, 2.05) is 0 Å². The maximum absolute atomic E-state index is 14.2. The lowest BCUT2D eigenvalue weighted by Gasteiger charge is -2.32. The molecule has 8 nitrogen and oxygen atoms in total. The summed E-state index contributed by atoms with van der Waals surface area (Å²) < 4.78 is 30.0. The number of likely N-dealkylation sites (N-methyl/N-ethyl adjacent to an activating group) is 1. The van der Waals surface area contributed by atoms with Crippen molar-refractivity contribution < 1.29 is 13.6 Å². The van der Waals surface area contributed by atoms with Crippen LogP contribution >= 0.6 is 0 Å².